The van der Waals surface area contributed by atoms with Gasteiger partial charge in [-0.15, -0.1) is 0 Å². The largest absolute Gasteiger partial charge is 0.509 e. The van der Waals surface area contributed by atoms with Gasteiger partial charge >= 0.3 is 12.3 Å². The minimum Gasteiger partial charge on any atom is -0.434 e. The zero-order chi connectivity index (χ0) is 29.5. The van der Waals surface area contributed by atoms with Gasteiger partial charge in [0.1, 0.15) is 0 Å². The first-order valence-electron chi connectivity index (χ1n) is 14.6. The molecule has 0 aliphatic heterocycles. The number of rotatable bonds is 8. The molecule has 2 unspecified atom stereocenters. The van der Waals surface area contributed by atoms with Crippen molar-refractivity contribution < 1.29 is 43.2 Å². The highest BCUT2D eigenvalue weighted by Crippen LogP contribution is 2.68. The third-order valence-corrected chi connectivity index (χ3v) is 10.2. The molecule has 0 amide bonds. The molecule has 0 spiro atoms. The van der Waals surface area contributed by atoms with Crippen molar-refractivity contribution in [3.63, 3.8) is 0 Å². The molecule has 1 N–H and O–H groups in total. The maximum absolute atomic E-state index is 13.9. The van der Waals surface area contributed by atoms with Gasteiger partial charge in [-0.05, 0) is 75.9 Å². The van der Waals surface area contributed by atoms with Crippen LogP contribution in [0.4, 0.5) is 9.59 Å². The Labute approximate surface area is 236 Å². The average Bonchev–Trinajstić information content (AvgIpc) is 3.17. The van der Waals surface area contributed by atoms with Crippen LogP contribution in [0.2, 0.25) is 0 Å². The van der Waals surface area contributed by atoms with E-state index in [4.69, 9.17) is 18.9 Å². The molecule has 4 aliphatic carbocycles. The number of hydrogen-bond donors (Lipinski definition) is 1. The van der Waals surface area contributed by atoms with Gasteiger partial charge < -0.3 is 24.1 Å². The summed E-state index contributed by atoms with van der Waals surface area (Å²) in [6.07, 6.45) is 5.40. The minimum absolute atomic E-state index is 0.0353. The fourth-order valence-electron chi connectivity index (χ4n) is 7.96. The molecule has 9 nitrogen and oxygen atoms in total. The minimum atomic E-state index is -1.64. The number of ketones is 2. The van der Waals surface area contributed by atoms with Crippen molar-refractivity contribution in [3.8, 4) is 0 Å². The van der Waals surface area contributed by atoms with Crippen LogP contribution in [0.3, 0.4) is 0 Å². The molecule has 0 aromatic heterocycles. The summed E-state index contributed by atoms with van der Waals surface area (Å²) in [5.74, 6) is -0.607. The molecule has 0 aromatic carbocycles. The van der Waals surface area contributed by atoms with E-state index in [1.165, 1.54) is 0 Å². The second kappa shape index (κ2) is 11.3. The third kappa shape index (κ3) is 5.21. The lowest BCUT2D eigenvalue weighted by atomic mass is 9.46. The SMILES string of the molecule is CCC(C)COC(=O)O[C@]1(C(=O)COC(=O)OC(C)C)CC[C@H]2[C@@H]3CCC4=CC(=O)C=C[C@]4(C)[C@H]3C(O)C[C@@]21C. The number of hydrogen-bond acceptors (Lipinski definition) is 9. The summed E-state index contributed by atoms with van der Waals surface area (Å²) in [6, 6.07) is 0. The first-order valence-corrected chi connectivity index (χ1v) is 14.6. The molecule has 8 atom stereocenters. The lowest BCUT2D eigenvalue weighted by Crippen LogP contribution is -2.63. The Morgan fingerprint density at radius 1 is 1.10 bits per heavy atom. The van der Waals surface area contributed by atoms with Gasteiger partial charge in [-0.1, -0.05) is 45.8 Å². The van der Waals surface area contributed by atoms with Gasteiger partial charge in [0.05, 0.1) is 18.8 Å². The molecule has 0 bridgehead atoms. The number of carbonyl (C=O) groups is 4. The summed E-state index contributed by atoms with van der Waals surface area (Å²) in [5, 5.41) is 11.7. The van der Waals surface area contributed by atoms with E-state index in [0.717, 1.165) is 24.8 Å². The topological polar surface area (TPSA) is 125 Å². The Bertz CT molecular complexity index is 1090. The third-order valence-electron chi connectivity index (χ3n) is 10.2. The standard InChI is InChI=1S/C31H44O9/c1-7-19(4)16-37-28(36)40-31(25(34)17-38-27(35)39-18(2)3)13-11-23-22-9-8-20-14-21(32)10-12-29(20,5)26(22)24(33)15-30(23,31)6/h10,12,14,18-19,22-24,26,33H,7-9,11,13,15-17H2,1-6H3/t19?,22-,23-,24?,26+,29-,30-,31-/m0/s1. The van der Waals surface area contributed by atoms with Gasteiger partial charge in [-0.25, -0.2) is 9.59 Å². The van der Waals surface area contributed by atoms with Gasteiger partial charge in [0.2, 0.25) is 5.78 Å². The van der Waals surface area contributed by atoms with Crippen molar-refractivity contribution in [1.82, 2.24) is 0 Å². The van der Waals surface area contributed by atoms with E-state index in [0.29, 0.717) is 6.42 Å². The first-order chi connectivity index (χ1) is 18.8. The van der Waals surface area contributed by atoms with Gasteiger partial charge in [-0.2, -0.15) is 0 Å². The van der Waals surface area contributed by atoms with Gasteiger partial charge in [0, 0.05) is 16.7 Å². The molecular weight excluding hydrogens is 516 g/mol. The van der Waals surface area contributed by atoms with Crippen LogP contribution in [0.15, 0.2) is 23.8 Å². The van der Waals surface area contributed by atoms with Crippen molar-refractivity contribution in [2.24, 2.45) is 34.5 Å². The fourth-order valence-corrected chi connectivity index (χ4v) is 7.96. The number of aliphatic hydroxyl groups excluding tert-OH is 1. The fraction of sp³-hybridized carbons (Fsp3) is 0.742. The summed E-state index contributed by atoms with van der Waals surface area (Å²) in [5.41, 5.74) is -1.99. The Hall–Kier alpha value is -2.68. The van der Waals surface area contributed by atoms with E-state index in [9.17, 15) is 24.3 Å². The van der Waals surface area contributed by atoms with Crippen molar-refractivity contribution in [2.45, 2.75) is 97.9 Å². The number of ether oxygens (including phenoxy) is 4. The summed E-state index contributed by atoms with van der Waals surface area (Å²) in [4.78, 5) is 51.2. The molecule has 4 rings (SSSR count). The molecule has 9 heteroatoms. The number of fused-ring (bicyclic) bond motifs is 5. The lowest BCUT2D eigenvalue weighted by Gasteiger charge is -2.59. The van der Waals surface area contributed by atoms with Crippen LogP contribution in [0.25, 0.3) is 0 Å². The van der Waals surface area contributed by atoms with Crippen molar-refractivity contribution in [1.29, 1.82) is 0 Å². The predicted molar refractivity (Wildman–Crippen MR) is 145 cm³/mol. The summed E-state index contributed by atoms with van der Waals surface area (Å²) in [6.45, 7) is 10.8. The molecule has 0 saturated heterocycles. The average molecular weight is 561 g/mol. The van der Waals surface area contributed by atoms with Crippen LogP contribution >= 0.6 is 0 Å². The Kier molecular flexibility index (Phi) is 8.56. The number of Topliss-reactive ketones (excluding diaryl/α,β-unsaturated/α-hetero) is 1. The highest BCUT2D eigenvalue weighted by molar-refractivity contribution is 6.01. The van der Waals surface area contributed by atoms with Gasteiger partial charge in [0.25, 0.3) is 0 Å². The van der Waals surface area contributed by atoms with Crippen LogP contribution < -0.4 is 0 Å². The molecule has 0 radical (unpaired) electrons. The van der Waals surface area contributed by atoms with Crippen molar-refractivity contribution in [2.75, 3.05) is 13.2 Å². The monoisotopic (exact) mass is 560 g/mol. The molecule has 0 heterocycles. The number of aliphatic hydroxyl groups is 1. The molecule has 222 valence electrons. The van der Waals surface area contributed by atoms with E-state index in [2.05, 4.69) is 6.92 Å². The number of carbonyl (C=O) groups excluding carboxylic acids is 4. The maximum atomic E-state index is 13.9. The maximum Gasteiger partial charge on any atom is 0.509 e. The molecule has 4 aliphatic rings. The second-order valence-corrected chi connectivity index (χ2v) is 12.9. The highest BCUT2D eigenvalue weighted by atomic mass is 16.7. The van der Waals surface area contributed by atoms with Gasteiger partial charge in [0.15, 0.2) is 18.0 Å². The molecule has 3 saturated carbocycles. The smallest absolute Gasteiger partial charge is 0.434 e. The van der Waals surface area contributed by atoms with Crippen LogP contribution in [-0.2, 0) is 28.5 Å². The zero-order valence-electron chi connectivity index (χ0n) is 24.6. The van der Waals surface area contributed by atoms with Crippen LogP contribution in [0.5, 0.6) is 0 Å². The normalized spacial score (nSPS) is 37.0. The highest BCUT2D eigenvalue weighted by Gasteiger charge is 2.70. The molecule has 0 aromatic rings. The van der Waals surface area contributed by atoms with Crippen molar-refractivity contribution >= 4 is 23.9 Å². The van der Waals surface area contributed by atoms with Crippen LogP contribution in [-0.4, -0.2) is 60.0 Å². The quantitative estimate of drug-likeness (QED) is 0.392. The van der Waals surface area contributed by atoms with Gasteiger partial charge in [-0.3, -0.25) is 9.59 Å². The zero-order valence-corrected chi connectivity index (χ0v) is 24.6. The van der Waals surface area contributed by atoms with E-state index in [1.807, 2.05) is 26.8 Å². The first kappa shape index (κ1) is 30.3. The van der Waals surface area contributed by atoms with E-state index < -0.39 is 53.3 Å². The summed E-state index contributed by atoms with van der Waals surface area (Å²) >= 11 is 0. The summed E-state index contributed by atoms with van der Waals surface area (Å²) < 4.78 is 21.6. The van der Waals surface area contributed by atoms with Crippen molar-refractivity contribution in [3.05, 3.63) is 23.8 Å². The summed E-state index contributed by atoms with van der Waals surface area (Å²) in [7, 11) is 0. The second-order valence-electron chi connectivity index (χ2n) is 12.9. The Morgan fingerprint density at radius 3 is 2.50 bits per heavy atom. The van der Waals surface area contributed by atoms with E-state index in [-0.39, 0.29) is 48.9 Å². The van der Waals surface area contributed by atoms with E-state index in [1.54, 1.807) is 26.0 Å². The van der Waals surface area contributed by atoms with E-state index >= 15 is 0 Å². The predicted octanol–water partition coefficient (Wildman–Crippen LogP) is 5.33. The molecular formula is C31H44O9. The number of allylic oxidation sites excluding steroid dienone is 4. The lowest BCUT2D eigenvalue weighted by molar-refractivity contribution is -0.184. The molecule has 40 heavy (non-hydrogen) atoms. The Balaban J connectivity index is 1.65. The Morgan fingerprint density at radius 2 is 1.82 bits per heavy atom. The molecule has 3 fully saturated rings. The van der Waals surface area contributed by atoms with Crippen LogP contribution in [0, 0.1) is 34.5 Å². The van der Waals surface area contributed by atoms with Crippen LogP contribution in [0.1, 0.15) is 80.1 Å².